The number of ether oxygens (including phenoxy) is 2. The van der Waals surface area contributed by atoms with E-state index in [0.29, 0.717) is 26.6 Å². The molecule has 1 aromatic heterocycles. The first-order valence-electron chi connectivity index (χ1n) is 10.6. The maximum atomic E-state index is 13.6. The summed E-state index contributed by atoms with van der Waals surface area (Å²) in [6, 6.07) is 10.3. The number of nitro groups is 1. The zero-order chi connectivity index (χ0) is 26.0. The normalized spacial score (nSPS) is 15.4. The van der Waals surface area contributed by atoms with Crippen LogP contribution in [0.3, 0.4) is 0 Å². The molecule has 0 amide bonds. The second-order valence-corrected chi connectivity index (χ2v) is 9.58. The first kappa shape index (κ1) is 25.8. The van der Waals surface area contributed by atoms with Crippen LogP contribution in [0.5, 0.6) is 0 Å². The lowest BCUT2D eigenvalue weighted by atomic mass is 9.96. The van der Waals surface area contributed by atoms with E-state index < -0.39 is 22.5 Å². The van der Waals surface area contributed by atoms with Crippen molar-refractivity contribution in [3.63, 3.8) is 0 Å². The highest BCUT2D eigenvalue weighted by molar-refractivity contribution is 7.07. The van der Waals surface area contributed by atoms with Gasteiger partial charge in [-0.2, -0.15) is 0 Å². The smallest absolute Gasteiger partial charge is 0.338 e. The number of carbonyl (C=O) groups is 1. The van der Waals surface area contributed by atoms with E-state index >= 15 is 0 Å². The summed E-state index contributed by atoms with van der Waals surface area (Å²) in [6.07, 6.45) is 1.53. The van der Waals surface area contributed by atoms with Crippen LogP contribution < -0.4 is 14.9 Å². The van der Waals surface area contributed by atoms with Crippen LogP contribution in [0, 0.1) is 10.1 Å². The van der Waals surface area contributed by atoms with Crippen molar-refractivity contribution in [2.75, 3.05) is 20.3 Å². The summed E-state index contributed by atoms with van der Waals surface area (Å²) in [6.45, 7) is 1.94. The lowest BCUT2D eigenvalue weighted by Gasteiger charge is -2.24. The number of nitrogens with zero attached hydrogens (tertiary/aromatic N) is 3. The summed E-state index contributed by atoms with van der Waals surface area (Å²) < 4.78 is 12.0. The van der Waals surface area contributed by atoms with Gasteiger partial charge in [0.05, 0.1) is 33.4 Å². The SMILES string of the molecule is COCCOC(=O)C1=C(C)N=c2sc(=Cc3ccc(Cl)c([N+](=O)[O-])c3)c(=O)n2C1c1ccc(Cl)cc1. The van der Waals surface area contributed by atoms with E-state index in [-0.39, 0.29) is 34.0 Å². The fourth-order valence-corrected chi connectivity index (χ4v) is 5.11. The monoisotopic (exact) mass is 547 g/mol. The Labute approximate surface area is 218 Å². The Morgan fingerprint density at radius 3 is 2.61 bits per heavy atom. The van der Waals surface area contributed by atoms with E-state index in [1.165, 1.54) is 29.9 Å². The molecule has 3 aromatic rings. The van der Waals surface area contributed by atoms with Crippen molar-refractivity contribution in [3.8, 4) is 0 Å². The van der Waals surface area contributed by atoms with Gasteiger partial charge in [-0.3, -0.25) is 19.5 Å². The van der Waals surface area contributed by atoms with Crippen LogP contribution in [0.4, 0.5) is 5.69 Å². The molecule has 0 radical (unpaired) electrons. The Morgan fingerprint density at radius 2 is 1.94 bits per heavy atom. The molecule has 0 N–H and O–H groups in total. The molecule has 2 heterocycles. The van der Waals surface area contributed by atoms with E-state index in [2.05, 4.69) is 4.99 Å². The van der Waals surface area contributed by atoms with Gasteiger partial charge >= 0.3 is 5.97 Å². The molecule has 9 nitrogen and oxygen atoms in total. The maximum Gasteiger partial charge on any atom is 0.338 e. The van der Waals surface area contributed by atoms with Crippen molar-refractivity contribution in [1.29, 1.82) is 0 Å². The molecule has 1 unspecified atom stereocenters. The lowest BCUT2D eigenvalue weighted by Crippen LogP contribution is -2.40. The van der Waals surface area contributed by atoms with Crippen molar-refractivity contribution in [2.45, 2.75) is 13.0 Å². The van der Waals surface area contributed by atoms with E-state index in [9.17, 15) is 19.7 Å². The average Bonchev–Trinajstić information content (AvgIpc) is 3.14. The van der Waals surface area contributed by atoms with Crippen LogP contribution in [0.2, 0.25) is 10.0 Å². The fourth-order valence-electron chi connectivity index (χ4n) is 3.75. The van der Waals surface area contributed by atoms with E-state index in [4.69, 9.17) is 32.7 Å². The molecule has 1 aliphatic heterocycles. The van der Waals surface area contributed by atoms with Crippen LogP contribution in [-0.4, -0.2) is 35.8 Å². The predicted octanol–water partition coefficient (Wildman–Crippen LogP) is 3.64. The summed E-state index contributed by atoms with van der Waals surface area (Å²) >= 11 is 13.1. The van der Waals surface area contributed by atoms with Crippen LogP contribution in [-0.2, 0) is 14.3 Å². The molecule has 0 saturated carbocycles. The second kappa shape index (κ2) is 10.8. The quantitative estimate of drug-likeness (QED) is 0.193. The number of hydrogen-bond donors (Lipinski definition) is 0. The fraction of sp³-hybridized carbons (Fsp3) is 0.208. The van der Waals surface area contributed by atoms with Gasteiger partial charge in [0.2, 0.25) is 0 Å². The number of fused-ring (bicyclic) bond motifs is 1. The third-order valence-corrected chi connectivity index (χ3v) is 6.97. The Balaban J connectivity index is 1.88. The number of nitro benzene ring substituents is 1. The molecule has 0 aliphatic carbocycles. The number of methoxy groups -OCH3 is 1. The molecule has 2 aromatic carbocycles. The van der Waals surface area contributed by atoms with Gasteiger partial charge < -0.3 is 9.47 Å². The molecule has 36 heavy (non-hydrogen) atoms. The molecule has 1 aliphatic rings. The zero-order valence-corrected chi connectivity index (χ0v) is 21.4. The van der Waals surface area contributed by atoms with Crippen molar-refractivity contribution in [2.24, 2.45) is 4.99 Å². The van der Waals surface area contributed by atoms with Gasteiger partial charge in [0, 0.05) is 18.2 Å². The molecule has 1 atom stereocenters. The van der Waals surface area contributed by atoms with Gasteiger partial charge in [-0.05, 0) is 42.3 Å². The van der Waals surface area contributed by atoms with Gasteiger partial charge in [-0.15, -0.1) is 0 Å². The van der Waals surface area contributed by atoms with Crippen molar-refractivity contribution in [1.82, 2.24) is 4.57 Å². The Morgan fingerprint density at radius 1 is 1.22 bits per heavy atom. The minimum atomic E-state index is -0.810. The molecule has 12 heteroatoms. The van der Waals surface area contributed by atoms with Gasteiger partial charge in [-0.1, -0.05) is 52.7 Å². The van der Waals surface area contributed by atoms with E-state index in [1.54, 1.807) is 37.3 Å². The Kier molecular flexibility index (Phi) is 7.70. The van der Waals surface area contributed by atoms with Gasteiger partial charge in [-0.25, -0.2) is 9.79 Å². The highest BCUT2D eigenvalue weighted by Crippen LogP contribution is 2.31. The molecule has 0 fully saturated rings. The standard InChI is InChI=1S/C24H19Cl2N3O6S/c1-13-20(23(31)35-10-9-34-2)21(15-4-6-16(25)7-5-15)28-22(30)19(36-24(28)27-13)12-14-3-8-17(26)18(11-14)29(32)33/h3-8,11-12,21H,9-10H2,1-2H3. The summed E-state index contributed by atoms with van der Waals surface area (Å²) in [5.74, 6) is -0.615. The number of aromatic nitrogens is 1. The Bertz CT molecular complexity index is 1560. The number of carbonyl (C=O) groups excluding carboxylic acids is 1. The molecule has 4 rings (SSSR count). The highest BCUT2D eigenvalue weighted by Gasteiger charge is 2.33. The number of halogens is 2. The maximum absolute atomic E-state index is 13.6. The average molecular weight is 548 g/mol. The minimum Gasteiger partial charge on any atom is -0.460 e. The summed E-state index contributed by atoms with van der Waals surface area (Å²) in [5, 5.41) is 11.8. The van der Waals surface area contributed by atoms with Crippen LogP contribution in [0.15, 0.2) is 63.5 Å². The van der Waals surface area contributed by atoms with Crippen LogP contribution in [0.25, 0.3) is 6.08 Å². The first-order valence-corrected chi connectivity index (χ1v) is 12.2. The summed E-state index contributed by atoms with van der Waals surface area (Å²) in [5.41, 5.74) is 1.01. The molecule has 0 bridgehead atoms. The minimum absolute atomic E-state index is 0.00593. The molecular formula is C24H19Cl2N3O6S. The van der Waals surface area contributed by atoms with Crippen molar-refractivity contribution >= 4 is 52.3 Å². The third kappa shape index (κ3) is 5.12. The van der Waals surface area contributed by atoms with E-state index in [1.807, 2.05) is 0 Å². The predicted molar refractivity (Wildman–Crippen MR) is 136 cm³/mol. The van der Waals surface area contributed by atoms with Crippen LogP contribution >= 0.6 is 34.5 Å². The highest BCUT2D eigenvalue weighted by atomic mass is 35.5. The topological polar surface area (TPSA) is 113 Å². The second-order valence-electron chi connectivity index (χ2n) is 7.73. The third-order valence-electron chi connectivity index (χ3n) is 5.41. The number of thiazole rings is 1. The van der Waals surface area contributed by atoms with Gasteiger partial charge in [0.15, 0.2) is 4.80 Å². The first-order chi connectivity index (χ1) is 17.2. The molecule has 186 valence electrons. The van der Waals surface area contributed by atoms with Gasteiger partial charge in [0.1, 0.15) is 11.6 Å². The van der Waals surface area contributed by atoms with Crippen LogP contribution in [0.1, 0.15) is 24.1 Å². The summed E-state index contributed by atoms with van der Waals surface area (Å²) in [7, 11) is 1.50. The Hall–Kier alpha value is -3.31. The van der Waals surface area contributed by atoms with Crippen molar-refractivity contribution < 1.29 is 19.2 Å². The van der Waals surface area contributed by atoms with E-state index in [0.717, 1.165) is 11.3 Å². The number of benzene rings is 2. The van der Waals surface area contributed by atoms with Crippen molar-refractivity contribution in [3.05, 3.63) is 105 Å². The number of hydrogen-bond acceptors (Lipinski definition) is 8. The molecular weight excluding hydrogens is 529 g/mol. The number of allylic oxidation sites excluding steroid dienone is 1. The lowest BCUT2D eigenvalue weighted by molar-refractivity contribution is -0.384. The molecule has 0 saturated heterocycles. The molecule has 0 spiro atoms. The number of rotatable bonds is 7. The largest absolute Gasteiger partial charge is 0.460 e. The summed E-state index contributed by atoms with van der Waals surface area (Å²) in [4.78, 5) is 42.2. The zero-order valence-electron chi connectivity index (χ0n) is 19.1. The number of esters is 1. The van der Waals surface area contributed by atoms with Gasteiger partial charge in [0.25, 0.3) is 11.2 Å².